The van der Waals surface area contributed by atoms with Gasteiger partial charge in [0.05, 0.1) is 17.6 Å². The van der Waals surface area contributed by atoms with Crippen LogP contribution in [0, 0.1) is 5.82 Å². The molecule has 218 valence electrons. The number of phenolic OH excluding ortho intramolecular Hbond substituents is 1. The lowest BCUT2D eigenvalue weighted by molar-refractivity contribution is -0.205. The van der Waals surface area contributed by atoms with E-state index in [0.717, 1.165) is 11.1 Å². The molecule has 3 aromatic rings. The van der Waals surface area contributed by atoms with Crippen molar-refractivity contribution in [2.24, 2.45) is 0 Å². The molecular formula is C32H32BrFN4O4. The molecule has 1 N–H and O–H groups in total. The maximum atomic E-state index is 14.0. The molecular weight excluding hydrogens is 603 g/mol. The van der Waals surface area contributed by atoms with Crippen LogP contribution in [0.5, 0.6) is 5.75 Å². The number of halogens is 2. The highest BCUT2D eigenvalue weighted by molar-refractivity contribution is 9.10. The lowest BCUT2D eigenvalue weighted by Crippen LogP contribution is -2.75. The van der Waals surface area contributed by atoms with E-state index in [-0.39, 0.29) is 67.0 Å². The first-order valence-corrected chi connectivity index (χ1v) is 14.6. The van der Waals surface area contributed by atoms with Crippen molar-refractivity contribution in [3.05, 3.63) is 112 Å². The van der Waals surface area contributed by atoms with Gasteiger partial charge < -0.3 is 14.9 Å². The molecule has 2 aliphatic rings. The number of aryl methyl sites for hydroxylation is 1. The van der Waals surface area contributed by atoms with Crippen molar-refractivity contribution in [2.75, 3.05) is 19.6 Å². The molecule has 0 spiro atoms. The molecule has 10 heteroatoms. The van der Waals surface area contributed by atoms with Gasteiger partial charge in [-0.3, -0.25) is 14.4 Å². The summed E-state index contributed by atoms with van der Waals surface area (Å²) in [7, 11) is 0. The summed E-state index contributed by atoms with van der Waals surface area (Å²) in [6, 6.07) is 19.9. The van der Waals surface area contributed by atoms with Crippen LogP contribution in [0.4, 0.5) is 4.39 Å². The van der Waals surface area contributed by atoms with Crippen LogP contribution < -0.4 is 0 Å². The number of nitrogens with zero attached hydrogens (tertiary/aromatic N) is 4. The molecule has 3 aromatic carbocycles. The highest BCUT2D eigenvalue weighted by Crippen LogP contribution is 2.30. The number of aromatic hydroxyl groups is 1. The Bertz CT molecular complexity index is 1470. The number of amides is 3. The molecule has 0 unspecified atom stereocenters. The number of hydrogen-bond donors (Lipinski definition) is 1. The summed E-state index contributed by atoms with van der Waals surface area (Å²) in [6.45, 7) is 4.31. The predicted octanol–water partition coefficient (Wildman–Crippen LogP) is 4.28. The van der Waals surface area contributed by atoms with Gasteiger partial charge in [-0.05, 0) is 63.3 Å². The molecule has 2 fully saturated rings. The number of piperazine rings is 1. The van der Waals surface area contributed by atoms with Crippen LogP contribution in [0.15, 0.2) is 89.9 Å². The maximum absolute atomic E-state index is 14.0. The van der Waals surface area contributed by atoms with Crippen molar-refractivity contribution in [1.82, 2.24) is 19.8 Å². The van der Waals surface area contributed by atoms with E-state index < -0.39 is 18.0 Å². The predicted molar refractivity (Wildman–Crippen MR) is 159 cm³/mol. The van der Waals surface area contributed by atoms with Crippen LogP contribution in [-0.2, 0) is 33.8 Å². The fourth-order valence-corrected chi connectivity index (χ4v) is 6.05. The summed E-state index contributed by atoms with van der Waals surface area (Å²) < 4.78 is 14.2. The number of phenols is 1. The van der Waals surface area contributed by atoms with Crippen molar-refractivity contribution in [1.29, 1.82) is 0 Å². The molecule has 8 nitrogen and oxygen atoms in total. The summed E-state index contributed by atoms with van der Waals surface area (Å²) in [4.78, 5) is 44.7. The van der Waals surface area contributed by atoms with Crippen molar-refractivity contribution in [3.63, 3.8) is 0 Å². The number of carbonyl (C=O) groups is 3. The van der Waals surface area contributed by atoms with Gasteiger partial charge in [-0.2, -0.15) is 0 Å². The van der Waals surface area contributed by atoms with Gasteiger partial charge in [0.1, 0.15) is 23.8 Å². The van der Waals surface area contributed by atoms with Crippen LogP contribution in [0.3, 0.4) is 0 Å². The molecule has 2 saturated heterocycles. The zero-order valence-electron chi connectivity index (χ0n) is 23.0. The summed E-state index contributed by atoms with van der Waals surface area (Å²) >= 11 is 3.22. The first-order valence-electron chi connectivity index (χ1n) is 13.8. The van der Waals surface area contributed by atoms with E-state index in [2.05, 4.69) is 22.5 Å². The third-order valence-corrected chi connectivity index (χ3v) is 8.23. The molecule has 0 saturated carbocycles. The third-order valence-electron chi connectivity index (χ3n) is 7.62. The van der Waals surface area contributed by atoms with Crippen LogP contribution in [-0.4, -0.2) is 74.5 Å². The maximum Gasteiger partial charge on any atom is 0.246 e. The molecule has 0 aromatic heterocycles. The van der Waals surface area contributed by atoms with E-state index in [1.54, 1.807) is 50.2 Å². The molecule has 2 heterocycles. The van der Waals surface area contributed by atoms with Crippen molar-refractivity contribution >= 4 is 33.7 Å². The Labute approximate surface area is 252 Å². The molecule has 3 amide bonds. The molecule has 0 aliphatic carbocycles. The first kappa shape index (κ1) is 29.5. The number of carbonyl (C=O) groups excluding carboxylic acids is 3. The summed E-state index contributed by atoms with van der Waals surface area (Å²) in [5, 5.41) is 13.1. The first-order chi connectivity index (χ1) is 20.2. The fraction of sp³-hybridized carbons (Fsp3) is 0.281. The lowest BCUT2D eigenvalue weighted by atomic mass is 9.98. The summed E-state index contributed by atoms with van der Waals surface area (Å²) in [5.74, 6) is -0.990. The molecule has 0 bridgehead atoms. The van der Waals surface area contributed by atoms with Gasteiger partial charge in [0.2, 0.25) is 17.7 Å². The number of benzene rings is 3. The van der Waals surface area contributed by atoms with E-state index in [1.165, 1.54) is 18.2 Å². The SMILES string of the molecule is C=CCN1CC(=O)N2[C@@H](Cc3ccc(O)cc3)C(=O)N(Cc3ccc(F)c(Br)c3)C[C@@H]2N1C(=O)CCc1ccccc1. The fourth-order valence-electron chi connectivity index (χ4n) is 5.63. The Hall–Kier alpha value is -4.02. The number of rotatable bonds is 9. The highest BCUT2D eigenvalue weighted by atomic mass is 79.9. The standard InChI is InChI=1S/C32H32BrFN4O4/c1-2-16-36-21-31(41)37-28(18-23-8-12-25(39)13-9-23)32(42)35(19-24-10-14-27(34)26(33)17-24)20-29(37)38(36)30(40)15-11-22-6-4-3-5-7-22/h2-10,12-14,17,28-29,39H,1,11,15-16,18-21H2/t28-,29-/m0/s1. The Balaban J connectivity index is 1.50. The Morgan fingerprint density at radius 3 is 2.43 bits per heavy atom. The second kappa shape index (κ2) is 12.9. The summed E-state index contributed by atoms with van der Waals surface area (Å²) in [5.41, 5.74) is 2.50. The number of hydrazine groups is 1. The van der Waals surface area contributed by atoms with E-state index in [1.807, 2.05) is 30.3 Å². The smallest absolute Gasteiger partial charge is 0.246 e. The van der Waals surface area contributed by atoms with Gasteiger partial charge in [0.25, 0.3) is 0 Å². The van der Waals surface area contributed by atoms with E-state index >= 15 is 0 Å². The number of hydrogen-bond acceptors (Lipinski definition) is 5. The monoisotopic (exact) mass is 634 g/mol. The molecule has 2 atom stereocenters. The Morgan fingerprint density at radius 1 is 1.02 bits per heavy atom. The van der Waals surface area contributed by atoms with Gasteiger partial charge in [0, 0.05) is 25.9 Å². The average molecular weight is 636 g/mol. The average Bonchev–Trinajstić information content (AvgIpc) is 2.97. The van der Waals surface area contributed by atoms with E-state index in [4.69, 9.17) is 0 Å². The third kappa shape index (κ3) is 6.39. The van der Waals surface area contributed by atoms with Gasteiger partial charge in [0.15, 0.2) is 0 Å². The zero-order valence-corrected chi connectivity index (χ0v) is 24.6. The molecule has 42 heavy (non-hydrogen) atoms. The van der Waals surface area contributed by atoms with Crippen molar-refractivity contribution in [3.8, 4) is 5.75 Å². The topological polar surface area (TPSA) is 84.4 Å². The van der Waals surface area contributed by atoms with Crippen LogP contribution in [0.2, 0.25) is 0 Å². The zero-order chi connectivity index (χ0) is 29.8. The van der Waals surface area contributed by atoms with Gasteiger partial charge in [-0.25, -0.2) is 14.4 Å². The van der Waals surface area contributed by atoms with Crippen LogP contribution >= 0.6 is 15.9 Å². The quantitative estimate of drug-likeness (QED) is 0.355. The van der Waals surface area contributed by atoms with Crippen molar-refractivity contribution < 1.29 is 23.9 Å². The van der Waals surface area contributed by atoms with E-state index in [9.17, 15) is 23.9 Å². The van der Waals surface area contributed by atoms with Crippen molar-refractivity contribution in [2.45, 2.75) is 38.0 Å². The summed E-state index contributed by atoms with van der Waals surface area (Å²) in [6.07, 6.45) is 1.87. The molecule has 5 rings (SSSR count). The molecule has 0 radical (unpaired) electrons. The minimum Gasteiger partial charge on any atom is -0.508 e. The van der Waals surface area contributed by atoms with Gasteiger partial charge >= 0.3 is 0 Å². The normalized spacial score (nSPS) is 19.1. The largest absolute Gasteiger partial charge is 0.508 e. The Kier molecular flexibility index (Phi) is 9.03. The van der Waals surface area contributed by atoms with Crippen LogP contribution in [0.1, 0.15) is 23.1 Å². The lowest BCUT2D eigenvalue weighted by Gasteiger charge is -2.55. The minimum absolute atomic E-state index is 0.0656. The van der Waals surface area contributed by atoms with Crippen LogP contribution in [0.25, 0.3) is 0 Å². The second-order valence-electron chi connectivity index (χ2n) is 10.5. The van der Waals surface area contributed by atoms with Gasteiger partial charge in [-0.15, -0.1) is 6.58 Å². The van der Waals surface area contributed by atoms with E-state index in [0.29, 0.717) is 12.0 Å². The molecule has 2 aliphatic heterocycles. The van der Waals surface area contributed by atoms with Gasteiger partial charge in [-0.1, -0.05) is 54.6 Å². The highest BCUT2D eigenvalue weighted by Gasteiger charge is 2.50. The second-order valence-corrected chi connectivity index (χ2v) is 11.3. The number of fused-ring (bicyclic) bond motifs is 1. The minimum atomic E-state index is -0.875. The Morgan fingerprint density at radius 2 is 1.74 bits per heavy atom.